The van der Waals surface area contributed by atoms with Crippen molar-refractivity contribution in [2.45, 2.75) is 32.2 Å². The number of fused-ring (bicyclic) bond motifs is 2. The lowest BCUT2D eigenvalue weighted by Gasteiger charge is -2.43. The first kappa shape index (κ1) is 19.9. The van der Waals surface area contributed by atoms with E-state index >= 15 is 0 Å². The van der Waals surface area contributed by atoms with Gasteiger partial charge in [0.2, 0.25) is 5.91 Å². The van der Waals surface area contributed by atoms with Crippen LogP contribution in [0, 0.1) is 11.8 Å². The van der Waals surface area contributed by atoms with Crippen molar-refractivity contribution >= 4 is 22.7 Å². The van der Waals surface area contributed by atoms with Gasteiger partial charge in [-0.1, -0.05) is 50.2 Å². The Morgan fingerprint density at radius 2 is 1.65 bits per heavy atom. The second-order valence-electron chi connectivity index (χ2n) is 9.40. The third kappa shape index (κ3) is 3.23. The summed E-state index contributed by atoms with van der Waals surface area (Å²) < 4.78 is 0. The molecule has 2 aliphatic rings. The number of para-hydroxylation sites is 1. The molecule has 1 fully saturated rings. The number of carbonyl (C=O) groups is 2. The van der Waals surface area contributed by atoms with Gasteiger partial charge in [-0.3, -0.25) is 9.59 Å². The third-order valence-corrected chi connectivity index (χ3v) is 6.97. The van der Waals surface area contributed by atoms with E-state index in [1.54, 1.807) is 4.90 Å². The molecule has 4 atom stereocenters. The fourth-order valence-corrected chi connectivity index (χ4v) is 5.71. The van der Waals surface area contributed by atoms with Crippen LogP contribution in [0.25, 0.3) is 10.9 Å². The summed E-state index contributed by atoms with van der Waals surface area (Å²) in [6, 6.07) is 15.4. The van der Waals surface area contributed by atoms with Gasteiger partial charge in [0.25, 0.3) is 5.91 Å². The number of amides is 2. The molecule has 5 nitrogen and oxygen atoms in total. The lowest BCUT2D eigenvalue weighted by Crippen LogP contribution is -2.50. The fourth-order valence-electron chi connectivity index (χ4n) is 5.71. The zero-order chi connectivity index (χ0) is 21.7. The molecular weight excluding hydrogens is 386 g/mol. The second-order valence-corrected chi connectivity index (χ2v) is 9.40. The molecule has 160 valence electrons. The molecule has 3 heterocycles. The molecule has 5 heteroatoms. The molecule has 0 saturated carbocycles. The van der Waals surface area contributed by atoms with Gasteiger partial charge in [0.1, 0.15) is 0 Å². The molecule has 1 aromatic heterocycles. The molecule has 3 aromatic rings. The maximum atomic E-state index is 14.1. The van der Waals surface area contributed by atoms with Crippen LogP contribution in [0.5, 0.6) is 0 Å². The monoisotopic (exact) mass is 415 g/mol. The number of H-pyrrole nitrogens is 1. The van der Waals surface area contributed by atoms with Crippen LogP contribution in [-0.2, 0) is 4.79 Å². The van der Waals surface area contributed by atoms with Crippen molar-refractivity contribution in [2.24, 2.45) is 11.8 Å². The molecule has 2 amide bonds. The highest BCUT2D eigenvalue weighted by Crippen LogP contribution is 2.45. The molecule has 0 spiro atoms. The summed E-state index contributed by atoms with van der Waals surface area (Å²) >= 11 is 0. The number of nitrogens with zero attached hydrogens (tertiary/aromatic N) is 2. The Bertz CT molecular complexity index is 1140. The number of benzene rings is 2. The maximum Gasteiger partial charge on any atom is 0.254 e. The molecule has 4 unspecified atom stereocenters. The predicted molar refractivity (Wildman–Crippen MR) is 122 cm³/mol. The second kappa shape index (κ2) is 7.56. The van der Waals surface area contributed by atoms with Crippen LogP contribution in [0.4, 0.5) is 0 Å². The van der Waals surface area contributed by atoms with E-state index in [2.05, 4.69) is 24.9 Å². The first-order chi connectivity index (χ1) is 15.0. The summed E-state index contributed by atoms with van der Waals surface area (Å²) in [7, 11) is 1.83. The van der Waals surface area contributed by atoms with Crippen LogP contribution >= 0.6 is 0 Å². The van der Waals surface area contributed by atoms with E-state index in [1.807, 2.05) is 60.6 Å². The van der Waals surface area contributed by atoms with Crippen LogP contribution < -0.4 is 0 Å². The molecule has 5 rings (SSSR count). The topological polar surface area (TPSA) is 56.4 Å². The number of aromatic nitrogens is 1. The van der Waals surface area contributed by atoms with Gasteiger partial charge >= 0.3 is 0 Å². The average Bonchev–Trinajstić information content (AvgIpc) is 3.19. The Morgan fingerprint density at radius 3 is 2.42 bits per heavy atom. The minimum atomic E-state index is -0.421. The van der Waals surface area contributed by atoms with E-state index < -0.39 is 5.92 Å². The van der Waals surface area contributed by atoms with E-state index in [-0.39, 0.29) is 17.9 Å². The van der Waals surface area contributed by atoms with E-state index in [4.69, 9.17) is 0 Å². The normalized spacial score (nSPS) is 26.2. The summed E-state index contributed by atoms with van der Waals surface area (Å²) in [4.78, 5) is 34.5. The van der Waals surface area contributed by atoms with E-state index in [9.17, 15) is 9.59 Å². The minimum absolute atomic E-state index is 0.0321. The minimum Gasteiger partial charge on any atom is -0.361 e. The van der Waals surface area contributed by atoms with Gasteiger partial charge in [-0.25, -0.2) is 0 Å². The van der Waals surface area contributed by atoms with Gasteiger partial charge in [0.15, 0.2) is 0 Å². The number of likely N-dealkylation sites (tertiary alicyclic amines) is 1. The van der Waals surface area contributed by atoms with Gasteiger partial charge in [-0.05, 0) is 36.0 Å². The lowest BCUT2D eigenvalue weighted by atomic mass is 9.78. The van der Waals surface area contributed by atoms with E-state index in [1.165, 1.54) is 0 Å². The summed E-state index contributed by atoms with van der Waals surface area (Å²) in [5.41, 5.74) is 3.50. The van der Waals surface area contributed by atoms with Crippen molar-refractivity contribution in [2.75, 3.05) is 20.1 Å². The Hall–Kier alpha value is -3.08. The summed E-state index contributed by atoms with van der Waals surface area (Å²) in [6.45, 7) is 6.00. The molecule has 0 radical (unpaired) electrons. The number of carbonyl (C=O) groups excluding carboxylic acids is 2. The summed E-state index contributed by atoms with van der Waals surface area (Å²) in [5, 5.41) is 1.06. The zero-order valence-electron chi connectivity index (χ0n) is 18.3. The standard InChI is InChI=1S/C26H29N3O2/c1-16-12-17(2)15-29(14-16)26(31)23-19-9-4-5-10-20(19)25(30)28(3)24(23)21-13-27-22-11-7-6-8-18(21)22/h4-11,13,16-17,23-24,27H,12,14-15H2,1-3H3. The van der Waals surface area contributed by atoms with Crippen molar-refractivity contribution in [3.8, 4) is 0 Å². The van der Waals surface area contributed by atoms with Crippen molar-refractivity contribution in [3.63, 3.8) is 0 Å². The maximum absolute atomic E-state index is 14.1. The van der Waals surface area contributed by atoms with E-state index in [0.717, 1.165) is 41.5 Å². The average molecular weight is 416 g/mol. The van der Waals surface area contributed by atoms with E-state index in [0.29, 0.717) is 17.4 Å². The lowest BCUT2D eigenvalue weighted by molar-refractivity contribution is -0.137. The first-order valence-corrected chi connectivity index (χ1v) is 11.2. The van der Waals surface area contributed by atoms with Gasteiger partial charge in [0, 0.05) is 48.4 Å². The molecule has 31 heavy (non-hydrogen) atoms. The first-order valence-electron chi connectivity index (χ1n) is 11.2. The Morgan fingerprint density at radius 1 is 0.968 bits per heavy atom. The number of rotatable bonds is 2. The van der Waals surface area contributed by atoms with Crippen LogP contribution in [0.15, 0.2) is 54.7 Å². The number of piperidine rings is 1. The number of likely N-dealkylation sites (N-methyl/N-ethyl adjacent to an activating group) is 1. The van der Waals surface area contributed by atoms with Crippen molar-refractivity contribution in [3.05, 3.63) is 71.4 Å². The highest BCUT2D eigenvalue weighted by Gasteiger charge is 2.45. The molecular formula is C26H29N3O2. The Labute approximate surface area is 183 Å². The van der Waals surface area contributed by atoms with Crippen LogP contribution in [0.2, 0.25) is 0 Å². The van der Waals surface area contributed by atoms with Gasteiger partial charge in [-0.15, -0.1) is 0 Å². The highest BCUT2D eigenvalue weighted by atomic mass is 16.2. The molecule has 0 aliphatic carbocycles. The molecule has 1 saturated heterocycles. The molecule has 1 N–H and O–H groups in total. The predicted octanol–water partition coefficient (Wildman–Crippen LogP) is 4.58. The van der Waals surface area contributed by atoms with Crippen LogP contribution in [0.3, 0.4) is 0 Å². The summed E-state index contributed by atoms with van der Waals surface area (Å²) in [5.74, 6) is 0.640. The largest absolute Gasteiger partial charge is 0.361 e. The van der Waals surface area contributed by atoms with Gasteiger partial charge in [0.05, 0.1) is 12.0 Å². The smallest absolute Gasteiger partial charge is 0.254 e. The fraction of sp³-hybridized carbons (Fsp3) is 0.385. The zero-order valence-corrected chi connectivity index (χ0v) is 18.3. The van der Waals surface area contributed by atoms with Crippen molar-refractivity contribution < 1.29 is 9.59 Å². The van der Waals surface area contributed by atoms with Crippen molar-refractivity contribution in [1.29, 1.82) is 0 Å². The number of hydrogen-bond acceptors (Lipinski definition) is 2. The van der Waals surface area contributed by atoms with Crippen LogP contribution in [0.1, 0.15) is 53.7 Å². The molecule has 2 aromatic carbocycles. The van der Waals surface area contributed by atoms with Crippen molar-refractivity contribution in [1.82, 2.24) is 14.8 Å². The number of aromatic amines is 1. The Kier molecular flexibility index (Phi) is 4.84. The van der Waals surface area contributed by atoms with Crippen LogP contribution in [-0.4, -0.2) is 46.7 Å². The Balaban J connectivity index is 1.66. The highest BCUT2D eigenvalue weighted by molar-refractivity contribution is 6.02. The number of nitrogens with one attached hydrogen (secondary N) is 1. The quantitative estimate of drug-likeness (QED) is 0.666. The molecule has 0 bridgehead atoms. The summed E-state index contributed by atoms with van der Waals surface area (Å²) in [6.07, 6.45) is 3.12. The third-order valence-electron chi connectivity index (χ3n) is 6.97. The van der Waals surface area contributed by atoms with Gasteiger partial charge in [-0.2, -0.15) is 0 Å². The number of hydrogen-bond donors (Lipinski definition) is 1. The van der Waals surface area contributed by atoms with Gasteiger partial charge < -0.3 is 14.8 Å². The SMILES string of the molecule is CC1CC(C)CN(C(=O)C2c3ccccc3C(=O)N(C)C2c2c[nH]c3ccccc23)C1. The molecule has 2 aliphatic heterocycles.